The van der Waals surface area contributed by atoms with Gasteiger partial charge in [0, 0.05) is 46.8 Å². The summed E-state index contributed by atoms with van der Waals surface area (Å²) in [5.74, 6) is 0. The molecule has 0 atom stereocenters. The minimum Gasteiger partial charge on any atom is -0.437 e. The van der Waals surface area contributed by atoms with Crippen LogP contribution in [0.5, 0.6) is 0 Å². The average molecular weight is 610 g/mol. The number of furan rings is 1. The summed E-state index contributed by atoms with van der Waals surface area (Å²) in [4.78, 5) is 4.33. The summed E-state index contributed by atoms with van der Waals surface area (Å²) in [6.07, 6.45) is 5.88. The first-order valence-corrected chi connectivity index (χ1v) is 16.8. The van der Waals surface area contributed by atoms with Crippen molar-refractivity contribution in [2.45, 2.75) is 83.1 Å². The van der Waals surface area contributed by atoms with Crippen molar-refractivity contribution in [2.75, 3.05) is 0 Å². The molecule has 4 nitrogen and oxygen atoms in total. The molecule has 4 heteroatoms. The van der Waals surface area contributed by atoms with Crippen molar-refractivity contribution in [3.05, 3.63) is 115 Å². The maximum absolute atomic E-state index is 6.05. The van der Waals surface area contributed by atoms with E-state index < -0.39 is 0 Å². The topological polar surface area (TPSA) is 33.8 Å². The number of nitrogens with zero attached hydrogens (tertiary/aromatic N) is 3. The van der Waals surface area contributed by atoms with E-state index in [2.05, 4.69) is 121 Å². The zero-order valence-corrected chi connectivity index (χ0v) is 30.6. The van der Waals surface area contributed by atoms with Gasteiger partial charge in [-0.1, -0.05) is 99.6 Å². The molecule has 0 aliphatic rings. The molecule has 2 aromatic carbocycles. The van der Waals surface area contributed by atoms with E-state index in [-0.39, 0.29) is 0 Å². The van der Waals surface area contributed by atoms with Crippen LogP contribution in [0.25, 0.3) is 44.6 Å². The minimum absolute atomic E-state index is 0.693. The third kappa shape index (κ3) is 10.7. The van der Waals surface area contributed by atoms with Crippen molar-refractivity contribution in [1.29, 1.82) is 0 Å². The Bertz CT molecular complexity index is 1610. The molecule has 45 heavy (non-hydrogen) atoms. The van der Waals surface area contributed by atoms with Crippen molar-refractivity contribution in [2.24, 2.45) is 14.1 Å². The maximum atomic E-state index is 6.05. The minimum atomic E-state index is 0.693. The first kappa shape index (κ1) is 40.7. The lowest BCUT2D eigenvalue weighted by Gasteiger charge is -2.04. The Kier molecular flexibility index (Phi) is 20.9. The van der Waals surface area contributed by atoms with E-state index in [9.17, 15) is 0 Å². The largest absolute Gasteiger partial charge is 0.437 e. The summed E-state index contributed by atoms with van der Waals surface area (Å²) in [6, 6.07) is 29.2. The zero-order chi connectivity index (χ0) is 34.4. The average Bonchev–Trinajstić information content (AvgIpc) is 3.49. The monoisotopic (exact) mass is 609 g/mol. The third-order valence-corrected chi connectivity index (χ3v) is 6.41. The highest BCUT2D eigenvalue weighted by molar-refractivity contribution is 6.08. The van der Waals surface area contributed by atoms with Gasteiger partial charge in [0.05, 0.1) is 5.56 Å². The molecular formula is C41H59N3O+2. The molecule has 0 saturated heterocycles. The summed E-state index contributed by atoms with van der Waals surface area (Å²) in [5.41, 5.74) is 8.94. The second-order valence-electron chi connectivity index (χ2n) is 8.80. The Morgan fingerprint density at radius 1 is 0.511 bits per heavy atom. The summed E-state index contributed by atoms with van der Waals surface area (Å²) >= 11 is 0. The second kappa shape index (κ2) is 23.1. The number of aryl methyl sites for hydroxylation is 4. The number of hydrogen-bond donors (Lipinski definition) is 0. The van der Waals surface area contributed by atoms with Crippen LogP contribution < -0.4 is 9.13 Å². The van der Waals surface area contributed by atoms with Gasteiger partial charge in [-0.3, -0.25) is 0 Å². The smallest absolute Gasteiger partial charge is 0.227 e. The number of pyridine rings is 3. The van der Waals surface area contributed by atoms with Gasteiger partial charge in [0.25, 0.3) is 0 Å². The molecule has 242 valence electrons. The summed E-state index contributed by atoms with van der Waals surface area (Å²) < 4.78 is 10.3. The molecule has 0 amide bonds. The Morgan fingerprint density at radius 2 is 1.04 bits per heavy atom. The molecular weight excluding hydrogens is 550 g/mol. The van der Waals surface area contributed by atoms with Gasteiger partial charge in [0.2, 0.25) is 17.1 Å². The molecule has 6 rings (SSSR count). The fraction of sp³-hybridized carbons (Fsp3) is 0.341. The van der Waals surface area contributed by atoms with Crippen molar-refractivity contribution in [1.82, 2.24) is 4.98 Å². The molecule has 6 aromatic rings. The van der Waals surface area contributed by atoms with Crippen LogP contribution >= 0.6 is 0 Å². The lowest BCUT2D eigenvalue weighted by molar-refractivity contribution is -0.660. The predicted octanol–water partition coefficient (Wildman–Crippen LogP) is 11.4. The van der Waals surface area contributed by atoms with Crippen LogP contribution in [0.2, 0.25) is 0 Å². The zero-order valence-electron chi connectivity index (χ0n) is 30.6. The van der Waals surface area contributed by atoms with Crippen LogP contribution in [0.4, 0.5) is 0 Å². The molecule has 4 heterocycles. The Labute approximate surface area is 274 Å². The van der Waals surface area contributed by atoms with Crippen molar-refractivity contribution in [3.63, 3.8) is 0 Å². The number of rotatable bonds is 2. The lowest BCUT2D eigenvalue weighted by atomic mass is 10.0. The predicted molar refractivity (Wildman–Crippen MR) is 197 cm³/mol. The molecule has 0 unspecified atom stereocenters. The number of fused-ring (bicyclic) bond motifs is 3. The van der Waals surface area contributed by atoms with Gasteiger partial charge in [-0.25, -0.2) is 14.1 Å². The highest BCUT2D eigenvalue weighted by Crippen LogP contribution is 2.35. The summed E-state index contributed by atoms with van der Waals surface area (Å²) in [6.45, 7) is 24.3. The van der Waals surface area contributed by atoms with Gasteiger partial charge in [-0.05, 0) is 55.3 Å². The third-order valence-electron chi connectivity index (χ3n) is 6.41. The lowest BCUT2D eigenvalue weighted by Crippen LogP contribution is -2.30. The highest BCUT2D eigenvalue weighted by atomic mass is 16.3. The van der Waals surface area contributed by atoms with Gasteiger partial charge in [-0.2, -0.15) is 0 Å². The fourth-order valence-electron chi connectivity index (χ4n) is 4.54. The van der Waals surface area contributed by atoms with Crippen LogP contribution in [0.15, 0.2) is 108 Å². The number of aromatic nitrogens is 3. The molecule has 0 bridgehead atoms. The molecule has 0 fully saturated rings. The standard InChI is InChI=1S/C18H15N2O.C13H14N.5C2H6/c1-12-8-9-13-14-6-5-10-19-18(14)21-17(13)16(12)15-7-3-4-11-20(15)2;1-11-7-3-4-8-12(11)13-9-5-6-10-14(13)2;5*1-2/h3-11H,1-2H3;3-10H,1-2H3;5*1-2H3/q2*+1;;;;;. The van der Waals surface area contributed by atoms with Crippen molar-refractivity contribution in [3.8, 4) is 22.5 Å². The van der Waals surface area contributed by atoms with E-state index in [1.807, 2.05) is 87.4 Å². The van der Waals surface area contributed by atoms with Gasteiger partial charge in [0.1, 0.15) is 14.1 Å². The van der Waals surface area contributed by atoms with Crippen LogP contribution in [-0.2, 0) is 14.1 Å². The van der Waals surface area contributed by atoms with Gasteiger partial charge >= 0.3 is 0 Å². The van der Waals surface area contributed by atoms with E-state index in [1.54, 1.807) is 6.20 Å². The Balaban J connectivity index is 0.000000704. The van der Waals surface area contributed by atoms with Crippen LogP contribution in [0.3, 0.4) is 0 Å². The molecule has 4 aromatic heterocycles. The molecule has 0 spiro atoms. The number of hydrogen-bond acceptors (Lipinski definition) is 2. The normalized spacial score (nSPS) is 9.11. The van der Waals surface area contributed by atoms with E-state index in [0.717, 1.165) is 27.6 Å². The molecule has 0 saturated carbocycles. The van der Waals surface area contributed by atoms with E-state index in [4.69, 9.17) is 4.42 Å². The number of benzene rings is 2. The highest BCUT2D eigenvalue weighted by Gasteiger charge is 2.20. The fourth-order valence-corrected chi connectivity index (χ4v) is 4.54. The summed E-state index contributed by atoms with van der Waals surface area (Å²) in [7, 11) is 4.12. The van der Waals surface area contributed by atoms with E-state index in [1.165, 1.54) is 22.4 Å². The van der Waals surface area contributed by atoms with Crippen molar-refractivity contribution >= 4 is 22.1 Å². The van der Waals surface area contributed by atoms with E-state index >= 15 is 0 Å². The quantitative estimate of drug-likeness (QED) is 0.183. The van der Waals surface area contributed by atoms with E-state index in [0.29, 0.717) is 5.71 Å². The first-order valence-electron chi connectivity index (χ1n) is 16.8. The SMILES string of the molecule is CC.CC.CC.CC.CC.Cc1ccc2c(oc3ncccc32)c1-c1cccc[n+]1C.Cc1ccccc1-c1cccc[n+]1C. The van der Waals surface area contributed by atoms with Gasteiger partial charge in [0.15, 0.2) is 18.0 Å². The Hall–Kier alpha value is -4.31. The van der Waals surface area contributed by atoms with Gasteiger partial charge < -0.3 is 4.42 Å². The second-order valence-corrected chi connectivity index (χ2v) is 8.80. The van der Waals surface area contributed by atoms with Crippen molar-refractivity contribution < 1.29 is 13.6 Å². The van der Waals surface area contributed by atoms with Crippen LogP contribution in [0, 0.1) is 13.8 Å². The molecule has 0 radical (unpaired) electrons. The first-order chi connectivity index (χ1) is 22.0. The van der Waals surface area contributed by atoms with Gasteiger partial charge in [-0.15, -0.1) is 0 Å². The molecule has 0 N–H and O–H groups in total. The van der Waals surface area contributed by atoms with Crippen LogP contribution in [-0.4, -0.2) is 4.98 Å². The molecule has 0 aliphatic heterocycles. The Morgan fingerprint density at radius 3 is 1.60 bits per heavy atom. The van der Waals surface area contributed by atoms with Crippen LogP contribution in [0.1, 0.15) is 80.4 Å². The maximum Gasteiger partial charge on any atom is 0.227 e. The summed E-state index contributed by atoms with van der Waals surface area (Å²) in [5, 5.41) is 2.18. The molecule has 0 aliphatic carbocycles.